The molecule has 1 aromatic heterocycles. The lowest BCUT2D eigenvalue weighted by Crippen LogP contribution is -2.54. The van der Waals surface area contributed by atoms with E-state index in [2.05, 4.69) is 10.2 Å². The molecule has 8 nitrogen and oxygen atoms in total. The van der Waals surface area contributed by atoms with E-state index in [1.807, 2.05) is 0 Å². The van der Waals surface area contributed by atoms with E-state index >= 15 is 0 Å². The highest BCUT2D eigenvalue weighted by atomic mass is 32.1. The number of anilines is 1. The average molecular weight is 442 g/mol. The summed E-state index contributed by atoms with van der Waals surface area (Å²) < 4.78 is 16.6. The Morgan fingerprint density at radius 1 is 1.13 bits per heavy atom. The van der Waals surface area contributed by atoms with Crippen LogP contribution in [0.4, 0.5) is 5.69 Å². The second kappa shape index (κ2) is 9.42. The van der Waals surface area contributed by atoms with Crippen LogP contribution < -0.4 is 15.0 Å². The van der Waals surface area contributed by atoms with Gasteiger partial charge in [0.05, 0.1) is 18.9 Å². The first-order valence-electron chi connectivity index (χ1n) is 10.0. The van der Waals surface area contributed by atoms with Crippen LogP contribution in [0, 0.1) is 6.92 Å². The van der Waals surface area contributed by atoms with Crippen LogP contribution in [-0.2, 0) is 14.3 Å². The van der Waals surface area contributed by atoms with Crippen LogP contribution >= 0.6 is 12.2 Å². The van der Waals surface area contributed by atoms with Crippen molar-refractivity contribution in [3.63, 3.8) is 0 Å². The lowest BCUT2D eigenvalue weighted by Gasteiger charge is -2.29. The molecule has 0 unspecified atom stereocenters. The van der Waals surface area contributed by atoms with Gasteiger partial charge in [-0.1, -0.05) is 0 Å². The first kappa shape index (κ1) is 21.2. The van der Waals surface area contributed by atoms with Gasteiger partial charge in [0.25, 0.3) is 11.8 Å². The van der Waals surface area contributed by atoms with E-state index in [1.54, 1.807) is 43.3 Å². The summed E-state index contributed by atoms with van der Waals surface area (Å²) in [6.45, 7) is 6.51. The molecule has 2 aliphatic heterocycles. The minimum absolute atomic E-state index is 0.0313. The maximum absolute atomic E-state index is 13.0. The fourth-order valence-electron chi connectivity index (χ4n) is 3.37. The third-order valence-electron chi connectivity index (χ3n) is 5.02. The number of morpholine rings is 1. The van der Waals surface area contributed by atoms with Crippen LogP contribution in [0.25, 0.3) is 6.08 Å². The van der Waals surface area contributed by atoms with Crippen LogP contribution in [-0.4, -0.2) is 61.3 Å². The highest BCUT2D eigenvalue weighted by molar-refractivity contribution is 7.80. The van der Waals surface area contributed by atoms with E-state index in [0.29, 0.717) is 29.6 Å². The molecule has 2 aliphatic rings. The number of nitrogens with zero attached hydrogens (tertiary/aromatic N) is 2. The van der Waals surface area contributed by atoms with Gasteiger partial charge >= 0.3 is 0 Å². The number of carbonyl (C=O) groups is 2. The highest BCUT2D eigenvalue weighted by Gasteiger charge is 2.34. The molecule has 1 N–H and O–H groups in total. The van der Waals surface area contributed by atoms with E-state index in [4.69, 9.17) is 26.1 Å². The number of hydrogen-bond acceptors (Lipinski definition) is 7. The van der Waals surface area contributed by atoms with Crippen molar-refractivity contribution in [2.75, 3.05) is 44.4 Å². The van der Waals surface area contributed by atoms with E-state index in [9.17, 15) is 9.59 Å². The molecule has 2 saturated heterocycles. The Labute approximate surface area is 185 Å². The van der Waals surface area contributed by atoms with Gasteiger partial charge in [-0.15, -0.1) is 0 Å². The van der Waals surface area contributed by atoms with Gasteiger partial charge in [-0.3, -0.25) is 24.7 Å². The van der Waals surface area contributed by atoms with Gasteiger partial charge in [-0.2, -0.15) is 0 Å². The minimum atomic E-state index is -0.552. The summed E-state index contributed by atoms with van der Waals surface area (Å²) in [6, 6.07) is 10.5. The molecular weight excluding hydrogens is 418 g/mol. The summed E-state index contributed by atoms with van der Waals surface area (Å²) in [5.74, 6) is 0.741. The van der Waals surface area contributed by atoms with Gasteiger partial charge < -0.3 is 13.9 Å². The maximum atomic E-state index is 13.0. The van der Waals surface area contributed by atoms with Crippen molar-refractivity contribution in [2.24, 2.45) is 0 Å². The molecule has 4 rings (SSSR count). The van der Waals surface area contributed by atoms with E-state index in [0.717, 1.165) is 32.8 Å². The van der Waals surface area contributed by atoms with Crippen molar-refractivity contribution in [1.82, 2.24) is 10.2 Å². The number of aryl methyl sites for hydroxylation is 1. The average Bonchev–Trinajstić information content (AvgIpc) is 3.18. The Kier molecular flexibility index (Phi) is 6.45. The number of nitrogens with one attached hydrogen (secondary N) is 1. The van der Waals surface area contributed by atoms with Crippen LogP contribution in [0.5, 0.6) is 5.75 Å². The number of thiocarbonyl (C=S) groups is 1. The zero-order valence-electron chi connectivity index (χ0n) is 17.1. The van der Waals surface area contributed by atoms with E-state index in [-0.39, 0.29) is 10.7 Å². The number of hydrogen-bond donors (Lipinski definition) is 1. The minimum Gasteiger partial charge on any atom is -0.492 e. The van der Waals surface area contributed by atoms with Crippen molar-refractivity contribution in [1.29, 1.82) is 0 Å². The summed E-state index contributed by atoms with van der Waals surface area (Å²) >= 11 is 5.24. The van der Waals surface area contributed by atoms with Crippen molar-refractivity contribution in [2.45, 2.75) is 6.92 Å². The number of carbonyl (C=O) groups excluding carboxylic acids is 2. The first-order chi connectivity index (χ1) is 15.0. The molecule has 0 atom stereocenters. The van der Waals surface area contributed by atoms with Crippen LogP contribution in [0.1, 0.15) is 11.5 Å². The van der Waals surface area contributed by atoms with Crippen molar-refractivity contribution >= 4 is 40.9 Å². The fourth-order valence-corrected chi connectivity index (χ4v) is 3.66. The van der Waals surface area contributed by atoms with Gasteiger partial charge in [0.2, 0.25) is 0 Å². The summed E-state index contributed by atoms with van der Waals surface area (Å²) in [6.07, 6.45) is 1.42. The molecule has 1 aromatic carbocycles. The smallest absolute Gasteiger partial charge is 0.270 e. The van der Waals surface area contributed by atoms with Gasteiger partial charge in [0.15, 0.2) is 5.11 Å². The molecular formula is C22H23N3O5S. The third kappa shape index (κ3) is 5.01. The molecule has 9 heteroatoms. The Bertz CT molecular complexity index is 1010. The molecule has 0 aliphatic carbocycles. The summed E-state index contributed by atoms with van der Waals surface area (Å²) in [5, 5.41) is 2.59. The van der Waals surface area contributed by atoms with Gasteiger partial charge in [-0.05, 0) is 61.6 Å². The van der Waals surface area contributed by atoms with E-state index < -0.39 is 11.8 Å². The Morgan fingerprint density at radius 3 is 2.55 bits per heavy atom. The molecule has 0 bridgehead atoms. The molecule has 2 aromatic rings. The quantitative estimate of drug-likeness (QED) is 0.418. The van der Waals surface area contributed by atoms with Gasteiger partial charge in [0.1, 0.15) is 29.4 Å². The van der Waals surface area contributed by atoms with Crippen LogP contribution in [0.15, 0.2) is 46.4 Å². The SMILES string of the molecule is Cc1ccc(/C=C2\C(=O)NC(=S)N(c3ccc(OCCN4CCOCC4)cc3)C2=O)o1. The predicted octanol–water partition coefficient (Wildman–Crippen LogP) is 2.13. The Morgan fingerprint density at radius 2 is 1.87 bits per heavy atom. The Balaban J connectivity index is 1.43. The zero-order chi connectivity index (χ0) is 21.8. The second-order valence-electron chi connectivity index (χ2n) is 7.20. The van der Waals surface area contributed by atoms with Crippen molar-refractivity contribution in [3.05, 3.63) is 53.5 Å². The molecule has 0 radical (unpaired) electrons. The largest absolute Gasteiger partial charge is 0.492 e. The van der Waals surface area contributed by atoms with Crippen molar-refractivity contribution < 1.29 is 23.5 Å². The molecule has 0 spiro atoms. The molecule has 31 heavy (non-hydrogen) atoms. The number of benzene rings is 1. The van der Waals surface area contributed by atoms with Gasteiger partial charge in [-0.25, -0.2) is 0 Å². The molecule has 3 heterocycles. The Hall–Kier alpha value is -3.01. The monoisotopic (exact) mass is 441 g/mol. The lowest BCUT2D eigenvalue weighted by molar-refractivity contribution is -0.122. The number of ether oxygens (including phenoxy) is 2. The van der Waals surface area contributed by atoms with Gasteiger partial charge in [0, 0.05) is 19.6 Å². The standard InChI is InChI=1S/C22H23N3O5S/c1-15-2-5-18(30-15)14-19-20(26)23-22(31)25(21(19)27)16-3-6-17(7-4-16)29-13-10-24-8-11-28-12-9-24/h2-7,14H,8-13H2,1H3,(H,23,26,31)/b19-14+. The van der Waals surface area contributed by atoms with Crippen LogP contribution in [0.3, 0.4) is 0 Å². The van der Waals surface area contributed by atoms with Crippen LogP contribution in [0.2, 0.25) is 0 Å². The predicted molar refractivity (Wildman–Crippen MR) is 119 cm³/mol. The molecule has 2 fully saturated rings. The maximum Gasteiger partial charge on any atom is 0.270 e. The number of furan rings is 1. The molecule has 162 valence electrons. The second-order valence-corrected chi connectivity index (χ2v) is 7.59. The lowest BCUT2D eigenvalue weighted by atomic mass is 10.1. The zero-order valence-corrected chi connectivity index (χ0v) is 17.9. The summed E-state index contributed by atoms with van der Waals surface area (Å²) in [4.78, 5) is 28.9. The topological polar surface area (TPSA) is 84.3 Å². The third-order valence-corrected chi connectivity index (χ3v) is 5.31. The summed E-state index contributed by atoms with van der Waals surface area (Å²) in [7, 11) is 0. The molecule has 0 saturated carbocycles. The fraction of sp³-hybridized carbons (Fsp3) is 0.318. The number of amides is 2. The highest BCUT2D eigenvalue weighted by Crippen LogP contribution is 2.25. The molecule has 2 amide bonds. The number of rotatable bonds is 6. The first-order valence-corrected chi connectivity index (χ1v) is 10.4. The van der Waals surface area contributed by atoms with E-state index in [1.165, 1.54) is 11.0 Å². The van der Waals surface area contributed by atoms with Crippen molar-refractivity contribution in [3.8, 4) is 5.75 Å². The summed E-state index contributed by atoms with van der Waals surface area (Å²) in [5.41, 5.74) is 0.492. The normalized spacial score (nSPS) is 19.1.